The molecule has 0 fully saturated rings. The van der Waals surface area contributed by atoms with Crippen LogP contribution >= 0.6 is 22.9 Å². The summed E-state index contributed by atoms with van der Waals surface area (Å²) in [6, 6.07) is 13.1. The number of hydrogen-bond donors (Lipinski definition) is 2. The molecule has 0 radical (unpaired) electrons. The average molecular weight is 466 g/mol. The Balaban J connectivity index is 1.77. The van der Waals surface area contributed by atoms with Crippen molar-refractivity contribution in [3.8, 4) is 11.3 Å². The molecule has 0 unspecified atom stereocenters. The Morgan fingerprint density at radius 1 is 1.20 bits per heavy atom. The van der Waals surface area contributed by atoms with Gasteiger partial charge in [0.1, 0.15) is 0 Å². The van der Waals surface area contributed by atoms with Gasteiger partial charge in [0.15, 0.2) is 5.13 Å². The fourth-order valence-corrected chi connectivity index (χ4v) is 4.68. The van der Waals surface area contributed by atoms with E-state index in [0.717, 1.165) is 16.1 Å². The van der Waals surface area contributed by atoms with Crippen molar-refractivity contribution >= 4 is 44.0 Å². The molecule has 1 aromatic heterocycles. The zero-order valence-corrected chi connectivity index (χ0v) is 18.7. The summed E-state index contributed by atoms with van der Waals surface area (Å²) in [5.74, 6) is -0.444. The Labute approximate surface area is 184 Å². The first-order valence-corrected chi connectivity index (χ1v) is 11.6. The maximum Gasteiger partial charge on any atom is 0.257 e. The largest absolute Gasteiger partial charge is 0.383 e. The van der Waals surface area contributed by atoms with Gasteiger partial charge < -0.3 is 4.74 Å². The fraction of sp³-hybridized carbons (Fsp3) is 0.200. The van der Waals surface area contributed by atoms with Crippen LogP contribution in [0.5, 0.6) is 0 Å². The van der Waals surface area contributed by atoms with E-state index in [1.807, 2.05) is 19.1 Å². The summed E-state index contributed by atoms with van der Waals surface area (Å²) in [6.07, 6.45) is 0. The Morgan fingerprint density at radius 2 is 1.93 bits per heavy atom. The first-order chi connectivity index (χ1) is 14.3. The highest BCUT2D eigenvalue weighted by Gasteiger charge is 2.17. The van der Waals surface area contributed by atoms with Crippen molar-refractivity contribution in [1.29, 1.82) is 0 Å². The number of hydrogen-bond acceptors (Lipinski definition) is 6. The second-order valence-electron chi connectivity index (χ2n) is 6.30. The maximum atomic E-state index is 12.7. The SMILES string of the molecule is COCCNS(=O)(=O)c1cccc(C(=O)Nc2nc(-c3ccc(Cl)cc3)c(C)s2)c1. The Kier molecular flexibility index (Phi) is 7.22. The van der Waals surface area contributed by atoms with E-state index in [2.05, 4.69) is 15.0 Å². The summed E-state index contributed by atoms with van der Waals surface area (Å²) in [7, 11) is -2.25. The normalized spacial score (nSPS) is 11.4. The Bertz CT molecular complexity index is 1150. The van der Waals surface area contributed by atoms with Gasteiger partial charge in [-0.15, -0.1) is 11.3 Å². The fourth-order valence-electron chi connectivity index (χ4n) is 2.66. The monoisotopic (exact) mass is 465 g/mol. The minimum absolute atomic E-state index is 0.00317. The summed E-state index contributed by atoms with van der Waals surface area (Å²) in [4.78, 5) is 18.1. The standard InChI is InChI=1S/C20H20ClN3O4S2/c1-13-18(14-6-8-16(21)9-7-14)23-20(29-13)24-19(25)15-4-3-5-17(12-15)30(26,27)22-10-11-28-2/h3-9,12,22H,10-11H2,1-2H3,(H,23,24,25). The van der Waals surface area contributed by atoms with Gasteiger partial charge >= 0.3 is 0 Å². The lowest BCUT2D eigenvalue weighted by molar-refractivity contribution is 0.102. The molecule has 158 valence electrons. The number of rotatable bonds is 8. The molecule has 0 bridgehead atoms. The number of nitrogens with one attached hydrogen (secondary N) is 2. The van der Waals surface area contributed by atoms with Crippen LogP contribution < -0.4 is 10.0 Å². The van der Waals surface area contributed by atoms with Gasteiger partial charge in [0.2, 0.25) is 10.0 Å². The molecule has 0 saturated heterocycles. The molecule has 1 amide bonds. The Hall–Kier alpha value is -2.30. The first kappa shape index (κ1) is 22.4. The minimum Gasteiger partial charge on any atom is -0.383 e. The lowest BCUT2D eigenvalue weighted by Gasteiger charge is -2.08. The van der Waals surface area contributed by atoms with E-state index < -0.39 is 15.9 Å². The number of nitrogens with zero attached hydrogens (tertiary/aromatic N) is 1. The number of thiazole rings is 1. The van der Waals surface area contributed by atoms with E-state index in [9.17, 15) is 13.2 Å². The average Bonchev–Trinajstić information content (AvgIpc) is 3.08. The lowest BCUT2D eigenvalue weighted by Crippen LogP contribution is -2.27. The maximum absolute atomic E-state index is 12.7. The highest BCUT2D eigenvalue weighted by molar-refractivity contribution is 7.89. The molecule has 3 aromatic rings. The number of anilines is 1. The van der Waals surface area contributed by atoms with E-state index >= 15 is 0 Å². The van der Waals surface area contributed by atoms with Crippen molar-refractivity contribution in [2.24, 2.45) is 0 Å². The zero-order valence-electron chi connectivity index (χ0n) is 16.3. The third-order valence-corrected chi connectivity index (χ3v) is 6.74. The van der Waals surface area contributed by atoms with E-state index in [1.54, 1.807) is 18.2 Å². The molecule has 0 spiro atoms. The van der Waals surface area contributed by atoms with Gasteiger partial charge in [-0.05, 0) is 37.3 Å². The number of aromatic nitrogens is 1. The highest BCUT2D eigenvalue weighted by atomic mass is 35.5. The molecule has 0 aliphatic rings. The molecule has 0 saturated carbocycles. The topological polar surface area (TPSA) is 97.4 Å². The third-order valence-electron chi connectivity index (χ3n) is 4.14. The molecule has 10 heteroatoms. The molecule has 7 nitrogen and oxygen atoms in total. The number of sulfonamides is 1. The van der Waals surface area contributed by atoms with E-state index in [0.29, 0.717) is 10.2 Å². The number of ether oxygens (including phenoxy) is 1. The number of benzene rings is 2. The number of halogens is 1. The van der Waals surface area contributed by atoms with Gasteiger partial charge in [0, 0.05) is 34.7 Å². The van der Waals surface area contributed by atoms with E-state index in [1.165, 1.54) is 36.6 Å². The Morgan fingerprint density at radius 3 is 2.63 bits per heavy atom. The van der Waals surface area contributed by atoms with Crippen LogP contribution in [0.3, 0.4) is 0 Å². The predicted molar refractivity (Wildman–Crippen MR) is 119 cm³/mol. The highest BCUT2D eigenvalue weighted by Crippen LogP contribution is 2.31. The summed E-state index contributed by atoms with van der Waals surface area (Å²) < 4.78 is 32.0. The van der Waals surface area contributed by atoms with Gasteiger partial charge in [0.25, 0.3) is 5.91 Å². The van der Waals surface area contributed by atoms with Gasteiger partial charge in [0.05, 0.1) is 17.2 Å². The minimum atomic E-state index is -3.74. The third kappa shape index (κ3) is 5.44. The lowest BCUT2D eigenvalue weighted by atomic mass is 10.1. The van der Waals surface area contributed by atoms with Crippen LogP contribution in [0.25, 0.3) is 11.3 Å². The summed E-state index contributed by atoms with van der Waals surface area (Å²) in [5.41, 5.74) is 1.86. The molecule has 2 N–H and O–H groups in total. The number of amides is 1. The zero-order chi connectivity index (χ0) is 21.7. The van der Waals surface area contributed by atoms with Crippen LogP contribution in [0, 0.1) is 6.92 Å². The molecular formula is C20H20ClN3O4S2. The van der Waals surface area contributed by atoms with Gasteiger partial charge in [-0.3, -0.25) is 10.1 Å². The molecule has 2 aromatic carbocycles. The number of aryl methyl sites for hydroxylation is 1. The van der Waals surface area contributed by atoms with Gasteiger partial charge in [-0.2, -0.15) is 0 Å². The van der Waals surface area contributed by atoms with E-state index in [-0.39, 0.29) is 23.6 Å². The predicted octanol–water partition coefficient (Wildman–Crippen LogP) is 3.95. The molecule has 0 atom stereocenters. The van der Waals surface area contributed by atoms with Gasteiger partial charge in [-0.1, -0.05) is 29.8 Å². The molecule has 3 rings (SSSR count). The number of methoxy groups -OCH3 is 1. The molecule has 30 heavy (non-hydrogen) atoms. The second-order valence-corrected chi connectivity index (χ2v) is 9.71. The van der Waals surface area contributed by atoms with Crippen LogP contribution in [0.4, 0.5) is 5.13 Å². The number of carbonyl (C=O) groups excluding carboxylic acids is 1. The van der Waals surface area contributed by atoms with Crippen LogP contribution in [0.2, 0.25) is 5.02 Å². The van der Waals surface area contributed by atoms with Gasteiger partial charge in [-0.25, -0.2) is 18.1 Å². The quantitative estimate of drug-likeness (QED) is 0.491. The van der Waals surface area contributed by atoms with Crippen molar-refractivity contribution in [3.05, 3.63) is 64.0 Å². The molecule has 0 aliphatic carbocycles. The van der Waals surface area contributed by atoms with Crippen molar-refractivity contribution in [1.82, 2.24) is 9.71 Å². The summed E-state index contributed by atoms with van der Waals surface area (Å²) >= 11 is 7.27. The van der Waals surface area contributed by atoms with E-state index in [4.69, 9.17) is 16.3 Å². The van der Waals surface area contributed by atoms with Crippen molar-refractivity contribution in [2.45, 2.75) is 11.8 Å². The summed E-state index contributed by atoms with van der Waals surface area (Å²) in [5, 5.41) is 3.79. The van der Waals surface area contributed by atoms with Crippen LogP contribution in [0.1, 0.15) is 15.2 Å². The van der Waals surface area contributed by atoms with Crippen LogP contribution in [-0.4, -0.2) is 39.6 Å². The molecular weight excluding hydrogens is 446 g/mol. The van der Waals surface area contributed by atoms with Crippen LogP contribution in [-0.2, 0) is 14.8 Å². The van der Waals surface area contributed by atoms with Crippen molar-refractivity contribution in [3.63, 3.8) is 0 Å². The summed E-state index contributed by atoms with van der Waals surface area (Å²) in [6.45, 7) is 2.30. The first-order valence-electron chi connectivity index (χ1n) is 8.93. The smallest absolute Gasteiger partial charge is 0.257 e. The van der Waals surface area contributed by atoms with Crippen molar-refractivity contribution in [2.75, 3.05) is 25.6 Å². The molecule has 1 heterocycles. The molecule has 0 aliphatic heterocycles. The number of carbonyl (C=O) groups is 1. The van der Waals surface area contributed by atoms with Crippen LogP contribution in [0.15, 0.2) is 53.4 Å². The second kappa shape index (κ2) is 9.67. The van der Waals surface area contributed by atoms with Crippen molar-refractivity contribution < 1.29 is 17.9 Å².